The number of amides is 1. The molecule has 0 saturated carbocycles. The summed E-state index contributed by atoms with van der Waals surface area (Å²) in [7, 11) is 1.75. The van der Waals surface area contributed by atoms with Gasteiger partial charge >= 0.3 is 5.97 Å². The third-order valence-corrected chi connectivity index (χ3v) is 4.41. The number of likely N-dealkylation sites (tertiary alicyclic amines) is 1. The molecule has 24 heavy (non-hydrogen) atoms. The summed E-state index contributed by atoms with van der Waals surface area (Å²) in [5, 5.41) is 17.5. The normalized spacial score (nSPS) is 17.8. The number of rotatable bonds is 3. The smallest absolute Gasteiger partial charge is 0.308 e. The van der Waals surface area contributed by atoms with Crippen molar-refractivity contribution in [2.24, 2.45) is 13.0 Å². The number of aromatic nitrogens is 3. The number of carboxylic acids is 1. The van der Waals surface area contributed by atoms with Gasteiger partial charge in [-0.2, -0.15) is 15.0 Å². The van der Waals surface area contributed by atoms with Crippen LogP contribution < -0.4 is 0 Å². The van der Waals surface area contributed by atoms with Gasteiger partial charge in [0.05, 0.1) is 12.1 Å². The Hall–Kier alpha value is -2.70. The van der Waals surface area contributed by atoms with E-state index < -0.39 is 11.9 Å². The standard InChI is InChI=1S/C17H20N4O3/c1-11-8-12(15-9-18-20(2)19-15)5-6-14(11)16(22)21-7-3-4-13(10-21)17(23)24/h5-6,8-9,13H,3-4,7,10H2,1-2H3,(H,23,24). The molecule has 1 amide bonds. The van der Waals surface area contributed by atoms with Crippen molar-refractivity contribution >= 4 is 11.9 Å². The molecule has 7 heteroatoms. The van der Waals surface area contributed by atoms with Crippen LogP contribution in [0.15, 0.2) is 24.4 Å². The zero-order valence-electron chi connectivity index (χ0n) is 13.8. The molecule has 1 unspecified atom stereocenters. The van der Waals surface area contributed by atoms with Crippen molar-refractivity contribution < 1.29 is 14.7 Å². The minimum Gasteiger partial charge on any atom is -0.481 e. The van der Waals surface area contributed by atoms with Crippen molar-refractivity contribution in [2.45, 2.75) is 19.8 Å². The number of benzene rings is 1. The SMILES string of the molecule is Cc1cc(-c2cnn(C)n2)ccc1C(=O)N1CCCC(C(=O)O)C1. The first-order valence-electron chi connectivity index (χ1n) is 7.95. The molecule has 1 aliphatic heterocycles. The van der Waals surface area contributed by atoms with Gasteiger partial charge < -0.3 is 10.0 Å². The van der Waals surface area contributed by atoms with Gasteiger partial charge in [0, 0.05) is 31.3 Å². The van der Waals surface area contributed by atoms with Crippen molar-refractivity contribution in [3.8, 4) is 11.3 Å². The van der Waals surface area contributed by atoms with Crippen LogP contribution in [-0.2, 0) is 11.8 Å². The van der Waals surface area contributed by atoms with Gasteiger partial charge in [-0.1, -0.05) is 6.07 Å². The predicted molar refractivity (Wildman–Crippen MR) is 87.4 cm³/mol. The van der Waals surface area contributed by atoms with Gasteiger partial charge in [0.25, 0.3) is 5.91 Å². The van der Waals surface area contributed by atoms with Crippen molar-refractivity contribution in [1.82, 2.24) is 19.9 Å². The molecule has 0 radical (unpaired) electrons. The molecule has 7 nitrogen and oxygen atoms in total. The van der Waals surface area contributed by atoms with Gasteiger partial charge in [0.15, 0.2) is 0 Å². The van der Waals surface area contributed by atoms with Crippen LogP contribution in [0.2, 0.25) is 0 Å². The highest BCUT2D eigenvalue weighted by atomic mass is 16.4. The highest BCUT2D eigenvalue weighted by Crippen LogP contribution is 2.23. The van der Waals surface area contributed by atoms with Crippen LogP contribution in [0.5, 0.6) is 0 Å². The van der Waals surface area contributed by atoms with E-state index in [0.29, 0.717) is 18.5 Å². The highest BCUT2D eigenvalue weighted by Gasteiger charge is 2.29. The van der Waals surface area contributed by atoms with Crippen LogP contribution >= 0.6 is 0 Å². The van der Waals surface area contributed by atoms with Gasteiger partial charge in [-0.3, -0.25) is 9.59 Å². The minimum atomic E-state index is -0.831. The second-order valence-corrected chi connectivity index (χ2v) is 6.18. The van der Waals surface area contributed by atoms with Crippen LogP contribution in [0, 0.1) is 12.8 Å². The van der Waals surface area contributed by atoms with E-state index in [-0.39, 0.29) is 12.5 Å². The summed E-state index contributed by atoms with van der Waals surface area (Å²) in [6, 6.07) is 5.55. The number of aryl methyl sites for hydroxylation is 2. The van der Waals surface area contributed by atoms with Crippen molar-refractivity contribution in [2.75, 3.05) is 13.1 Å². The largest absolute Gasteiger partial charge is 0.481 e. The Labute approximate surface area is 139 Å². The molecule has 1 aliphatic rings. The number of aliphatic carboxylic acids is 1. The molecule has 1 saturated heterocycles. The highest BCUT2D eigenvalue weighted by molar-refractivity contribution is 5.96. The molecular weight excluding hydrogens is 308 g/mol. The summed E-state index contributed by atoms with van der Waals surface area (Å²) in [5.74, 6) is -1.41. The van der Waals surface area contributed by atoms with E-state index in [9.17, 15) is 14.7 Å². The molecule has 1 atom stereocenters. The van der Waals surface area contributed by atoms with E-state index in [2.05, 4.69) is 10.2 Å². The number of hydrogen-bond acceptors (Lipinski definition) is 4. The van der Waals surface area contributed by atoms with Crippen LogP contribution in [-0.4, -0.2) is 50.0 Å². The number of piperidine rings is 1. The third-order valence-electron chi connectivity index (χ3n) is 4.41. The van der Waals surface area contributed by atoms with Crippen LogP contribution in [0.1, 0.15) is 28.8 Å². The lowest BCUT2D eigenvalue weighted by Crippen LogP contribution is -2.42. The van der Waals surface area contributed by atoms with Crippen LogP contribution in [0.3, 0.4) is 0 Å². The molecule has 3 rings (SSSR count). The van der Waals surface area contributed by atoms with Gasteiger partial charge in [-0.05, 0) is 37.5 Å². The van der Waals surface area contributed by atoms with Crippen molar-refractivity contribution in [3.63, 3.8) is 0 Å². The minimum absolute atomic E-state index is 0.107. The maximum Gasteiger partial charge on any atom is 0.308 e. The predicted octanol–water partition coefficient (Wildman–Crippen LogP) is 1.73. The summed E-state index contributed by atoms with van der Waals surface area (Å²) < 4.78 is 0. The fourth-order valence-electron chi connectivity index (χ4n) is 3.07. The van der Waals surface area contributed by atoms with E-state index in [1.807, 2.05) is 19.1 Å². The van der Waals surface area contributed by atoms with Gasteiger partial charge in [-0.25, -0.2) is 0 Å². The molecule has 1 N–H and O–H groups in total. The number of carbonyl (C=O) groups is 2. The summed E-state index contributed by atoms with van der Waals surface area (Å²) in [6.07, 6.45) is 3.03. The Morgan fingerprint density at radius 3 is 2.75 bits per heavy atom. The second-order valence-electron chi connectivity index (χ2n) is 6.18. The van der Waals surface area contributed by atoms with Gasteiger partial charge in [0.2, 0.25) is 0 Å². The Balaban J connectivity index is 1.81. The molecule has 1 aromatic heterocycles. The van der Waals surface area contributed by atoms with E-state index in [1.165, 1.54) is 4.80 Å². The Kier molecular flexibility index (Phi) is 4.33. The summed E-state index contributed by atoms with van der Waals surface area (Å²) in [6.45, 7) is 2.76. The quantitative estimate of drug-likeness (QED) is 0.927. The zero-order valence-corrected chi connectivity index (χ0v) is 13.8. The van der Waals surface area contributed by atoms with Gasteiger partial charge in [-0.15, -0.1) is 0 Å². The maximum absolute atomic E-state index is 12.7. The lowest BCUT2D eigenvalue weighted by Gasteiger charge is -2.31. The molecule has 2 heterocycles. The molecule has 0 spiro atoms. The lowest BCUT2D eigenvalue weighted by atomic mass is 9.96. The van der Waals surface area contributed by atoms with Crippen molar-refractivity contribution in [3.05, 3.63) is 35.5 Å². The third kappa shape index (κ3) is 3.15. The monoisotopic (exact) mass is 328 g/mol. The van der Waals surface area contributed by atoms with Crippen molar-refractivity contribution in [1.29, 1.82) is 0 Å². The Bertz CT molecular complexity index is 784. The van der Waals surface area contributed by atoms with E-state index in [1.54, 1.807) is 24.2 Å². The molecule has 126 valence electrons. The second kappa shape index (κ2) is 6.43. The average Bonchev–Trinajstić information content (AvgIpc) is 3.01. The molecule has 0 aliphatic carbocycles. The summed E-state index contributed by atoms with van der Waals surface area (Å²) in [4.78, 5) is 27.1. The molecule has 1 fully saturated rings. The van der Waals surface area contributed by atoms with E-state index in [4.69, 9.17) is 0 Å². The summed E-state index contributed by atoms with van der Waals surface area (Å²) >= 11 is 0. The zero-order chi connectivity index (χ0) is 17.3. The Morgan fingerprint density at radius 1 is 1.33 bits per heavy atom. The first-order chi connectivity index (χ1) is 11.5. The Morgan fingerprint density at radius 2 is 2.12 bits per heavy atom. The van der Waals surface area contributed by atoms with Crippen LogP contribution in [0.4, 0.5) is 0 Å². The molecule has 0 bridgehead atoms. The molecule has 2 aromatic rings. The van der Waals surface area contributed by atoms with E-state index in [0.717, 1.165) is 23.2 Å². The topological polar surface area (TPSA) is 88.3 Å². The first-order valence-corrected chi connectivity index (χ1v) is 7.95. The number of carboxylic acid groups (broad SMARTS) is 1. The fourth-order valence-corrected chi connectivity index (χ4v) is 3.07. The molecular formula is C17H20N4O3. The number of nitrogens with zero attached hydrogens (tertiary/aromatic N) is 4. The van der Waals surface area contributed by atoms with Crippen LogP contribution in [0.25, 0.3) is 11.3 Å². The molecule has 1 aromatic carbocycles. The van der Waals surface area contributed by atoms with Gasteiger partial charge in [0.1, 0.15) is 5.69 Å². The average molecular weight is 328 g/mol. The fraction of sp³-hybridized carbons (Fsp3) is 0.412. The first kappa shape index (κ1) is 16.2. The number of carbonyl (C=O) groups excluding carboxylic acids is 1. The lowest BCUT2D eigenvalue weighted by molar-refractivity contribution is -0.143. The maximum atomic E-state index is 12.7. The summed E-state index contributed by atoms with van der Waals surface area (Å²) in [5.41, 5.74) is 3.11. The van der Waals surface area contributed by atoms with E-state index >= 15 is 0 Å². The number of hydrogen-bond donors (Lipinski definition) is 1.